The highest BCUT2D eigenvalue weighted by atomic mass is 32.1. The third-order valence-corrected chi connectivity index (χ3v) is 5.79. The Morgan fingerprint density at radius 2 is 1.73 bits per heavy atom. The summed E-state index contributed by atoms with van der Waals surface area (Å²) in [6.45, 7) is 1.31. The van der Waals surface area contributed by atoms with Crippen LogP contribution in [-0.2, 0) is 4.79 Å². The van der Waals surface area contributed by atoms with Gasteiger partial charge in [-0.1, -0.05) is 24.3 Å². The van der Waals surface area contributed by atoms with Gasteiger partial charge in [0, 0.05) is 19.1 Å². The molecule has 2 saturated heterocycles. The minimum atomic E-state index is -0.260. The summed E-state index contributed by atoms with van der Waals surface area (Å²) in [6.07, 6.45) is 1.39. The van der Waals surface area contributed by atoms with E-state index in [2.05, 4.69) is 0 Å². The number of urea groups is 1. The lowest BCUT2D eigenvalue weighted by Gasteiger charge is -2.36. The SMILES string of the molecule is O=C(c1cccs1)N1CCC(N2CC(=O)N(c3ccccc3)C2=O)CC1. The second kappa shape index (κ2) is 6.92. The van der Waals surface area contributed by atoms with E-state index in [-0.39, 0.29) is 30.4 Å². The fourth-order valence-electron chi connectivity index (χ4n) is 3.57. The Hall–Kier alpha value is -2.67. The minimum absolute atomic E-state index is 0.00690. The number of para-hydroxylation sites is 1. The molecule has 0 N–H and O–H groups in total. The number of thiophene rings is 1. The van der Waals surface area contributed by atoms with E-state index >= 15 is 0 Å². The first-order valence-corrected chi connectivity index (χ1v) is 9.54. The number of carbonyl (C=O) groups excluding carboxylic acids is 3. The summed E-state index contributed by atoms with van der Waals surface area (Å²) in [5.41, 5.74) is 0.607. The van der Waals surface area contributed by atoms with E-state index < -0.39 is 0 Å². The second-order valence-corrected chi connectivity index (χ2v) is 7.42. The van der Waals surface area contributed by atoms with E-state index in [0.717, 1.165) is 4.88 Å². The molecule has 2 aliphatic heterocycles. The third-order valence-electron chi connectivity index (χ3n) is 4.93. The van der Waals surface area contributed by atoms with E-state index in [4.69, 9.17) is 0 Å². The van der Waals surface area contributed by atoms with Crippen molar-refractivity contribution in [1.82, 2.24) is 9.80 Å². The highest BCUT2D eigenvalue weighted by Crippen LogP contribution is 2.27. The van der Waals surface area contributed by atoms with Gasteiger partial charge in [0.1, 0.15) is 6.54 Å². The smallest absolute Gasteiger partial charge is 0.332 e. The van der Waals surface area contributed by atoms with Gasteiger partial charge < -0.3 is 9.80 Å². The molecule has 6 nitrogen and oxygen atoms in total. The number of hydrogen-bond donors (Lipinski definition) is 0. The van der Waals surface area contributed by atoms with E-state index in [1.807, 2.05) is 40.6 Å². The molecule has 26 heavy (non-hydrogen) atoms. The van der Waals surface area contributed by atoms with Crippen LogP contribution in [-0.4, -0.2) is 53.3 Å². The molecule has 0 unspecified atom stereocenters. The number of benzene rings is 1. The highest BCUT2D eigenvalue weighted by Gasteiger charge is 2.41. The van der Waals surface area contributed by atoms with Crippen molar-refractivity contribution in [3.05, 3.63) is 52.7 Å². The molecule has 4 rings (SSSR count). The van der Waals surface area contributed by atoms with Gasteiger partial charge in [0.25, 0.3) is 11.8 Å². The van der Waals surface area contributed by atoms with Gasteiger partial charge in [-0.25, -0.2) is 9.69 Å². The summed E-state index contributed by atoms with van der Waals surface area (Å²) >= 11 is 1.44. The molecular weight excluding hydrogens is 350 g/mol. The molecule has 7 heteroatoms. The molecular formula is C19H19N3O3S. The number of nitrogens with zero attached hydrogens (tertiary/aromatic N) is 3. The molecule has 0 atom stereocenters. The molecule has 4 amide bonds. The zero-order valence-corrected chi connectivity index (χ0v) is 15.0. The molecule has 2 aliphatic rings. The van der Waals surface area contributed by atoms with Crippen molar-refractivity contribution in [2.75, 3.05) is 24.5 Å². The molecule has 0 radical (unpaired) electrons. The van der Waals surface area contributed by atoms with Crippen LogP contribution >= 0.6 is 11.3 Å². The Balaban J connectivity index is 1.41. The van der Waals surface area contributed by atoms with Crippen LogP contribution in [0, 0.1) is 0 Å². The van der Waals surface area contributed by atoms with Gasteiger partial charge in [0.2, 0.25) is 0 Å². The van der Waals surface area contributed by atoms with E-state index in [9.17, 15) is 14.4 Å². The van der Waals surface area contributed by atoms with Crippen LogP contribution in [0.25, 0.3) is 0 Å². The fraction of sp³-hybridized carbons (Fsp3) is 0.316. The molecule has 1 aromatic heterocycles. The first kappa shape index (κ1) is 16.8. The Labute approximate surface area is 155 Å². The van der Waals surface area contributed by atoms with Gasteiger partial charge in [-0.3, -0.25) is 9.59 Å². The van der Waals surface area contributed by atoms with E-state index in [1.54, 1.807) is 17.0 Å². The molecule has 3 heterocycles. The molecule has 2 fully saturated rings. The van der Waals surface area contributed by atoms with Gasteiger partial charge >= 0.3 is 6.03 Å². The van der Waals surface area contributed by atoms with Crippen molar-refractivity contribution in [3.8, 4) is 0 Å². The minimum Gasteiger partial charge on any atom is -0.338 e. The predicted octanol–water partition coefficient (Wildman–Crippen LogP) is 2.82. The van der Waals surface area contributed by atoms with Gasteiger partial charge in [0.05, 0.1) is 10.6 Å². The second-order valence-electron chi connectivity index (χ2n) is 6.48. The molecule has 1 aromatic carbocycles. The Bertz CT molecular complexity index is 814. The number of amides is 4. The van der Waals surface area contributed by atoms with Crippen molar-refractivity contribution in [1.29, 1.82) is 0 Å². The van der Waals surface area contributed by atoms with E-state index in [0.29, 0.717) is 31.6 Å². The van der Waals surface area contributed by atoms with Gasteiger partial charge in [0.15, 0.2) is 0 Å². The molecule has 0 bridgehead atoms. The number of imide groups is 1. The Morgan fingerprint density at radius 3 is 2.38 bits per heavy atom. The zero-order valence-electron chi connectivity index (χ0n) is 14.2. The van der Waals surface area contributed by atoms with Crippen LogP contribution in [0.3, 0.4) is 0 Å². The largest absolute Gasteiger partial charge is 0.338 e. The standard InChI is InChI=1S/C19H19N3O3S/c23-17-13-21(19(25)22(17)15-5-2-1-3-6-15)14-8-10-20(11-9-14)18(24)16-7-4-12-26-16/h1-7,12,14H,8-11,13H2. The number of rotatable bonds is 3. The average molecular weight is 369 g/mol. The van der Waals surface area contributed by atoms with Crippen LogP contribution in [0.5, 0.6) is 0 Å². The van der Waals surface area contributed by atoms with Crippen molar-refractivity contribution >= 4 is 34.9 Å². The monoisotopic (exact) mass is 369 g/mol. The van der Waals surface area contributed by atoms with Crippen molar-refractivity contribution < 1.29 is 14.4 Å². The lowest BCUT2D eigenvalue weighted by Crippen LogP contribution is -2.48. The number of carbonyl (C=O) groups is 3. The lowest BCUT2D eigenvalue weighted by molar-refractivity contribution is -0.116. The molecule has 0 saturated carbocycles. The van der Waals surface area contributed by atoms with Crippen LogP contribution in [0.2, 0.25) is 0 Å². The summed E-state index contributed by atoms with van der Waals surface area (Å²) in [7, 11) is 0. The van der Waals surface area contributed by atoms with Crippen LogP contribution in [0.4, 0.5) is 10.5 Å². The fourth-order valence-corrected chi connectivity index (χ4v) is 4.26. The first-order valence-electron chi connectivity index (χ1n) is 8.66. The van der Waals surface area contributed by atoms with Crippen molar-refractivity contribution in [3.63, 3.8) is 0 Å². The maximum atomic E-state index is 12.8. The highest BCUT2D eigenvalue weighted by molar-refractivity contribution is 7.12. The van der Waals surface area contributed by atoms with Crippen LogP contribution in [0.15, 0.2) is 47.8 Å². The van der Waals surface area contributed by atoms with Crippen LogP contribution in [0.1, 0.15) is 22.5 Å². The maximum Gasteiger partial charge on any atom is 0.332 e. The number of anilines is 1. The van der Waals surface area contributed by atoms with Gasteiger partial charge in [-0.05, 0) is 36.4 Å². The van der Waals surface area contributed by atoms with Gasteiger partial charge in [-0.2, -0.15) is 0 Å². The normalized spacial score (nSPS) is 18.7. The number of piperidine rings is 1. The third kappa shape index (κ3) is 2.99. The predicted molar refractivity (Wildman–Crippen MR) is 99.3 cm³/mol. The lowest BCUT2D eigenvalue weighted by atomic mass is 10.0. The van der Waals surface area contributed by atoms with E-state index in [1.165, 1.54) is 16.2 Å². The zero-order chi connectivity index (χ0) is 18.1. The maximum absolute atomic E-state index is 12.8. The summed E-state index contributed by atoms with van der Waals surface area (Å²) in [5, 5.41) is 1.90. The molecule has 0 spiro atoms. The molecule has 134 valence electrons. The number of likely N-dealkylation sites (tertiary alicyclic amines) is 1. The Morgan fingerprint density at radius 1 is 1.00 bits per heavy atom. The summed E-state index contributed by atoms with van der Waals surface area (Å²) in [5.74, 6) is -0.147. The Kier molecular flexibility index (Phi) is 4.46. The summed E-state index contributed by atoms with van der Waals surface area (Å²) in [6, 6.07) is 12.4. The van der Waals surface area contributed by atoms with Crippen LogP contribution < -0.4 is 4.90 Å². The topological polar surface area (TPSA) is 60.9 Å². The summed E-state index contributed by atoms with van der Waals surface area (Å²) in [4.78, 5) is 43.1. The first-order chi connectivity index (χ1) is 12.6. The number of hydrogen-bond acceptors (Lipinski definition) is 4. The summed E-state index contributed by atoms with van der Waals surface area (Å²) < 4.78 is 0. The van der Waals surface area contributed by atoms with Crippen molar-refractivity contribution in [2.24, 2.45) is 0 Å². The quantitative estimate of drug-likeness (QED) is 0.782. The average Bonchev–Trinajstić information content (AvgIpc) is 3.30. The van der Waals surface area contributed by atoms with Crippen molar-refractivity contribution in [2.45, 2.75) is 18.9 Å². The molecule has 2 aromatic rings. The van der Waals surface area contributed by atoms with Gasteiger partial charge in [-0.15, -0.1) is 11.3 Å². The molecule has 0 aliphatic carbocycles.